The zero-order valence-corrected chi connectivity index (χ0v) is 20.5. The van der Waals surface area contributed by atoms with Crippen LogP contribution in [0.5, 0.6) is 0 Å². The number of thioether (sulfide) groups is 1. The Hall–Kier alpha value is -3.10. The van der Waals surface area contributed by atoms with Gasteiger partial charge in [0.1, 0.15) is 5.82 Å². The second-order valence-corrected chi connectivity index (χ2v) is 9.54. The minimum absolute atomic E-state index is 0.116. The third-order valence-corrected chi connectivity index (χ3v) is 6.69. The topological polar surface area (TPSA) is 77.6 Å². The van der Waals surface area contributed by atoms with Crippen molar-refractivity contribution in [1.29, 1.82) is 0 Å². The van der Waals surface area contributed by atoms with Crippen LogP contribution in [0.15, 0.2) is 59.8 Å². The molecule has 0 radical (unpaired) electrons. The van der Waals surface area contributed by atoms with E-state index in [4.69, 9.17) is 11.6 Å². The van der Waals surface area contributed by atoms with Gasteiger partial charge in [-0.25, -0.2) is 0 Å². The molecule has 0 fully saturated rings. The molecule has 1 N–H and O–H groups in total. The highest BCUT2D eigenvalue weighted by molar-refractivity contribution is 8.00. The van der Waals surface area contributed by atoms with Gasteiger partial charge in [0.15, 0.2) is 5.16 Å². The maximum atomic E-state index is 13.0. The average molecular weight is 481 g/mol. The second-order valence-electron chi connectivity index (χ2n) is 7.79. The summed E-state index contributed by atoms with van der Waals surface area (Å²) in [6.07, 6.45) is 0.617. The molecule has 2 aromatic carbocycles. The number of nitrogens with one attached hydrogen (secondary N) is 1. The zero-order valence-electron chi connectivity index (χ0n) is 18.9. The number of rotatable bonds is 7. The van der Waals surface area contributed by atoms with E-state index in [1.807, 2.05) is 74.9 Å². The lowest BCUT2D eigenvalue weighted by molar-refractivity contribution is -0.115. The van der Waals surface area contributed by atoms with E-state index in [-0.39, 0.29) is 5.91 Å². The minimum Gasteiger partial charge on any atom is -0.322 e. The molecule has 9 heteroatoms. The van der Waals surface area contributed by atoms with Crippen molar-refractivity contribution in [2.45, 2.75) is 37.6 Å². The van der Waals surface area contributed by atoms with Crippen LogP contribution < -0.4 is 5.32 Å². The molecular formula is C24H25ClN6OS. The summed E-state index contributed by atoms with van der Waals surface area (Å²) in [5.74, 6) is 0.673. The number of carbonyl (C=O) groups excluding carboxylic acids is 1. The van der Waals surface area contributed by atoms with E-state index in [2.05, 4.69) is 32.7 Å². The largest absolute Gasteiger partial charge is 0.322 e. The fourth-order valence-corrected chi connectivity index (χ4v) is 4.52. The van der Waals surface area contributed by atoms with Crippen molar-refractivity contribution in [2.24, 2.45) is 7.05 Å². The Balaban J connectivity index is 1.61. The zero-order chi connectivity index (χ0) is 23.5. The van der Waals surface area contributed by atoms with Crippen LogP contribution in [0.25, 0.3) is 5.69 Å². The number of aromatic nitrogens is 5. The molecule has 0 aliphatic heterocycles. The highest BCUT2D eigenvalue weighted by Crippen LogP contribution is 2.29. The van der Waals surface area contributed by atoms with Gasteiger partial charge >= 0.3 is 0 Å². The van der Waals surface area contributed by atoms with Gasteiger partial charge in [0.25, 0.3) is 0 Å². The maximum absolute atomic E-state index is 13.0. The second kappa shape index (κ2) is 9.80. The van der Waals surface area contributed by atoms with Gasteiger partial charge in [0.05, 0.1) is 22.3 Å². The highest BCUT2D eigenvalue weighted by atomic mass is 35.5. The number of aryl methyl sites for hydroxylation is 2. The molecule has 2 aromatic heterocycles. The minimum atomic E-state index is -0.399. The Morgan fingerprint density at radius 3 is 2.42 bits per heavy atom. The summed E-state index contributed by atoms with van der Waals surface area (Å²) in [7, 11) is 1.86. The van der Waals surface area contributed by atoms with Crippen LogP contribution in [-0.2, 0) is 18.3 Å². The molecule has 0 aliphatic rings. The SMILES string of the molecule is Cc1nn(C)c(C)c1NC(=O)C(C)Sc1nnc(Cc2ccccc2)n1-c1ccc(Cl)cc1. The summed E-state index contributed by atoms with van der Waals surface area (Å²) in [6, 6.07) is 17.6. The number of hydrogen-bond acceptors (Lipinski definition) is 5. The quantitative estimate of drug-likeness (QED) is 0.377. The molecule has 0 bridgehead atoms. The van der Waals surface area contributed by atoms with Gasteiger partial charge in [-0.3, -0.25) is 14.0 Å². The Kier molecular flexibility index (Phi) is 6.85. The van der Waals surface area contributed by atoms with Crippen molar-refractivity contribution in [3.8, 4) is 5.69 Å². The van der Waals surface area contributed by atoms with Crippen LogP contribution in [0.1, 0.15) is 29.7 Å². The molecule has 0 spiro atoms. The van der Waals surface area contributed by atoms with Crippen LogP contribution in [0.3, 0.4) is 0 Å². The molecule has 170 valence electrons. The predicted molar refractivity (Wildman–Crippen MR) is 132 cm³/mol. The number of hydrogen-bond donors (Lipinski definition) is 1. The smallest absolute Gasteiger partial charge is 0.237 e. The van der Waals surface area contributed by atoms with E-state index in [0.717, 1.165) is 34.2 Å². The first kappa shape index (κ1) is 23.1. The molecule has 7 nitrogen and oxygen atoms in total. The van der Waals surface area contributed by atoms with Gasteiger partial charge in [0.2, 0.25) is 5.91 Å². The van der Waals surface area contributed by atoms with Crippen molar-refractivity contribution >= 4 is 35.0 Å². The van der Waals surface area contributed by atoms with E-state index in [1.165, 1.54) is 11.8 Å². The first-order chi connectivity index (χ1) is 15.8. The first-order valence-electron chi connectivity index (χ1n) is 10.6. The van der Waals surface area contributed by atoms with Crippen LogP contribution in [0, 0.1) is 13.8 Å². The maximum Gasteiger partial charge on any atom is 0.237 e. The Morgan fingerprint density at radius 2 is 1.79 bits per heavy atom. The fourth-order valence-electron chi connectivity index (χ4n) is 3.51. The standard InChI is InChI=1S/C24H25ClN6OS/c1-15-22(16(2)30(4)29-15)26-23(32)17(3)33-24-28-27-21(14-18-8-6-5-7-9-18)31(24)20-12-10-19(25)11-13-20/h5-13,17H,14H2,1-4H3,(H,26,32). The van der Waals surface area contributed by atoms with Crippen LogP contribution >= 0.6 is 23.4 Å². The van der Waals surface area contributed by atoms with Gasteiger partial charge in [-0.15, -0.1) is 10.2 Å². The van der Waals surface area contributed by atoms with Gasteiger partial charge in [-0.1, -0.05) is 53.7 Å². The summed E-state index contributed by atoms with van der Waals surface area (Å²) >= 11 is 7.47. The first-order valence-corrected chi connectivity index (χ1v) is 11.8. The number of benzene rings is 2. The third kappa shape index (κ3) is 5.12. The highest BCUT2D eigenvalue weighted by Gasteiger charge is 2.23. The van der Waals surface area contributed by atoms with Gasteiger partial charge in [0, 0.05) is 24.2 Å². The van der Waals surface area contributed by atoms with E-state index >= 15 is 0 Å². The van der Waals surface area contributed by atoms with Crippen molar-refractivity contribution < 1.29 is 4.79 Å². The van der Waals surface area contributed by atoms with Crippen LogP contribution in [-0.4, -0.2) is 35.7 Å². The van der Waals surface area contributed by atoms with Crippen molar-refractivity contribution in [2.75, 3.05) is 5.32 Å². The summed E-state index contributed by atoms with van der Waals surface area (Å²) in [4.78, 5) is 13.0. The van der Waals surface area contributed by atoms with Gasteiger partial charge < -0.3 is 5.32 Å². The van der Waals surface area contributed by atoms with Crippen molar-refractivity contribution in [3.05, 3.63) is 82.4 Å². The van der Waals surface area contributed by atoms with E-state index in [1.54, 1.807) is 4.68 Å². The molecule has 0 aliphatic carbocycles. The van der Waals surface area contributed by atoms with Crippen LogP contribution in [0.4, 0.5) is 5.69 Å². The number of anilines is 1. The third-order valence-electron chi connectivity index (χ3n) is 5.40. The predicted octanol–water partition coefficient (Wildman–Crippen LogP) is 4.98. The summed E-state index contributed by atoms with van der Waals surface area (Å²) < 4.78 is 3.74. The van der Waals surface area contributed by atoms with E-state index in [0.29, 0.717) is 16.6 Å². The number of halogens is 1. The monoisotopic (exact) mass is 480 g/mol. The Bertz CT molecular complexity index is 1270. The molecule has 1 atom stereocenters. The lowest BCUT2D eigenvalue weighted by Crippen LogP contribution is -2.23. The normalized spacial score (nSPS) is 12.0. The number of carbonyl (C=O) groups is 1. The summed E-state index contributed by atoms with van der Waals surface area (Å²) in [6.45, 7) is 5.67. The van der Waals surface area contributed by atoms with Crippen molar-refractivity contribution in [3.63, 3.8) is 0 Å². The summed E-state index contributed by atoms with van der Waals surface area (Å²) in [5, 5.41) is 17.2. The molecule has 4 rings (SSSR count). The van der Waals surface area contributed by atoms with Crippen LogP contribution in [0.2, 0.25) is 5.02 Å². The molecule has 2 heterocycles. The molecule has 33 heavy (non-hydrogen) atoms. The van der Waals surface area contributed by atoms with E-state index in [9.17, 15) is 4.79 Å². The van der Waals surface area contributed by atoms with Gasteiger partial charge in [-0.2, -0.15) is 5.10 Å². The summed E-state index contributed by atoms with van der Waals surface area (Å²) in [5.41, 5.74) is 4.47. The van der Waals surface area contributed by atoms with Gasteiger partial charge in [-0.05, 0) is 50.6 Å². The lowest BCUT2D eigenvalue weighted by Gasteiger charge is -2.14. The van der Waals surface area contributed by atoms with E-state index < -0.39 is 5.25 Å². The number of nitrogens with zero attached hydrogens (tertiary/aromatic N) is 5. The molecule has 1 amide bonds. The Labute approximate surface area is 202 Å². The number of amides is 1. The molecule has 1 unspecified atom stereocenters. The average Bonchev–Trinajstić information content (AvgIpc) is 3.29. The Morgan fingerprint density at radius 1 is 1.09 bits per heavy atom. The molecule has 0 saturated heterocycles. The lowest BCUT2D eigenvalue weighted by atomic mass is 10.1. The molecular weight excluding hydrogens is 456 g/mol. The van der Waals surface area contributed by atoms with Crippen molar-refractivity contribution in [1.82, 2.24) is 24.5 Å². The fraction of sp³-hybridized carbons (Fsp3) is 0.250. The molecule has 4 aromatic rings. The molecule has 0 saturated carbocycles.